The van der Waals surface area contributed by atoms with Crippen molar-refractivity contribution >= 4 is 17.3 Å². The molecular formula is C15H20ClN3O. The number of rotatable bonds is 8. The number of alkyl halides is 1. The summed E-state index contributed by atoms with van der Waals surface area (Å²) < 4.78 is 7.61. The minimum Gasteiger partial charge on any atom is -0.494 e. The quantitative estimate of drug-likeness (QED) is 0.598. The summed E-state index contributed by atoms with van der Waals surface area (Å²) in [7, 11) is 0. The number of ether oxygens (including phenoxy) is 1. The molecule has 108 valence electrons. The first-order valence-electron chi connectivity index (χ1n) is 6.84. The molecule has 0 fully saturated rings. The van der Waals surface area contributed by atoms with Gasteiger partial charge in [-0.2, -0.15) is 0 Å². The van der Waals surface area contributed by atoms with Gasteiger partial charge in [0.25, 0.3) is 0 Å². The summed E-state index contributed by atoms with van der Waals surface area (Å²) >= 11 is 5.95. The fourth-order valence-electron chi connectivity index (χ4n) is 2.00. The Balaban J connectivity index is 1.83. The number of nitrogens with one attached hydrogen (secondary N) is 1. The number of hydrogen-bond donors (Lipinski definition) is 1. The van der Waals surface area contributed by atoms with Gasteiger partial charge >= 0.3 is 0 Å². The van der Waals surface area contributed by atoms with E-state index in [0.29, 0.717) is 12.5 Å². The summed E-state index contributed by atoms with van der Waals surface area (Å²) in [6.45, 7) is 4.50. The number of halogens is 1. The van der Waals surface area contributed by atoms with Crippen LogP contribution in [0, 0.1) is 0 Å². The highest BCUT2D eigenvalue weighted by atomic mass is 35.5. The molecular weight excluding hydrogens is 274 g/mol. The van der Waals surface area contributed by atoms with Gasteiger partial charge in [0.1, 0.15) is 5.75 Å². The van der Waals surface area contributed by atoms with Gasteiger partial charge in [-0.15, -0.1) is 11.6 Å². The lowest BCUT2D eigenvalue weighted by Crippen LogP contribution is -2.06. The Labute approximate surface area is 124 Å². The summed E-state index contributed by atoms with van der Waals surface area (Å²) in [5, 5.41) is 3.40. The van der Waals surface area contributed by atoms with Crippen LogP contribution in [0.15, 0.2) is 36.9 Å². The van der Waals surface area contributed by atoms with Crippen molar-refractivity contribution in [3.05, 3.63) is 42.5 Å². The molecule has 1 heterocycles. The number of nitrogens with zero attached hydrogens (tertiary/aromatic N) is 2. The first kappa shape index (κ1) is 14.7. The van der Waals surface area contributed by atoms with Crippen LogP contribution < -0.4 is 10.1 Å². The zero-order valence-corrected chi connectivity index (χ0v) is 12.4. The van der Waals surface area contributed by atoms with E-state index in [2.05, 4.69) is 20.9 Å². The van der Waals surface area contributed by atoms with E-state index in [1.165, 1.54) is 0 Å². The third-order valence-electron chi connectivity index (χ3n) is 2.99. The highest BCUT2D eigenvalue weighted by molar-refractivity contribution is 6.17. The molecule has 0 aliphatic rings. The van der Waals surface area contributed by atoms with Crippen molar-refractivity contribution in [3.8, 4) is 5.75 Å². The Morgan fingerprint density at radius 2 is 2.30 bits per heavy atom. The monoisotopic (exact) mass is 293 g/mol. The van der Waals surface area contributed by atoms with E-state index in [4.69, 9.17) is 16.3 Å². The fraction of sp³-hybridized carbons (Fsp3) is 0.400. The fourth-order valence-corrected chi connectivity index (χ4v) is 2.21. The van der Waals surface area contributed by atoms with E-state index < -0.39 is 0 Å². The largest absolute Gasteiger partial charge is 0.494 e. The summed E-state index contributed by atoms with van der Waals surface area (Å²) in [4.78, 5) is 4.02. The molecule has 0 radical (unpaired) electrons. The Bertz CT molecular complexity index is 514. The van der Waals surface area contributed by atoms with Gasteiger partial charge in [0.15, 0.2) is 0 Å². The topological polar surface area (TPSA) is 39.1 Å². The summed E-state index contributed by atoms with van der Waals surface area (Å²) in [5.74, 6) is 1.33. The molecule has 0 unspecified atom stereocenters. The number of benzene rings is 1. The van der Waals surface area contributed by atoms with Gasteiger partial charge in [0.2, 0.25) is 0 Å². The van der Waals surface area contributed by atoms with Crippen LogP contribution in [0.5, 0.6) is 5.75 Å². The summed E-state index contributed by atoms with van der Waals surface area (Å²) in [6.07, 6.45) is 6.65. The normalized spacial score (nSPS) is 10.5. The van der Waals surface area contributed by atoms with Crippen molar-refractivity contribution in [2.45, 2.75) is 25.8 Å². The van der Waals surface area contributed by atoms with Gasteiger partial charge in [-0.1, -0.05) is 0 Å². The third kappa shape index (κ3) is 4.17. The first-order valence-corrected chi connectivity index (χ1v) is 7.38. The summed E-state index contributed by atoms with van der Waals surface area (Å²) in [6, 6.07) is 6.05. The number of imidazole rings is 1. The lowest BCUT2D eigenvalue weighted by molar-refractivity contribution is 0.337. The molecule has 0 saturated carbocycles. The van der Waals surface area contributed by atoms with Crippen LogP contribution in [-0.4, -0.2) is 22.7 Å². The molecule has 5 heteroatoms. The lowest BCUT2D eigenvalue weighted by Gasteiger charge is -2.12. The maximum Gasteiger partial charge on any atom is 0.123 e. The van der Waals surface area contributed by atoms with E-state index in [0.717, 1.165) is 36.5 Å². The molecule has 0 aliphatic carbocycles. The second-order valence-electron chi connectivity index (χ2n) is 4.47. The minimum atomic E-state index is 0.458. The standard InChI is InChI=1S/C15H20ClN3O/c1-2-20-15-5-4-14(10-13(15)11-16)18-6-3-8-19-9-7-17-12-19/h4-5,7,9-10,12,18H,2-3,6,8,11H2,1H3. The second kappa shape index (κ2) is 7.80. The third-order valence-corrected chi connectivity index (χ3v) is 3.27. The van der Waals surface area contributed by atoms with Gasteiger partial charge in [-0.25, -0.2) is 4.98 Å². The van der Waals surface area contributed by atoms with E-state index in [1.807, 2.05) is 31.6 Å². The Morgan fingerprint density at radius 1 is 1.40 bits per heavy atom. The molecule has 0 saturated heterocycles. The Kier molecular flexibility index (Phi) is 5.74. The molecule has 0 atom stereocenters. The molecule has 2 rings (SSSR count). The van der Waals surface area contributed by atoms with E-state index in [1.54, 1.807) is 6.20 Å². The number of hydrogen-bond acceptors (Lipinski definition) is 3. The average Bonchev–Trinajstić information content (AvgIpc) is 2.98. The molecule has 0 amide bonds. The highest BCUT2D eigenvalue weighted by Gasteiger charge is 2.03. The summed E-state index contributed by atoms with van der Waals surface area (Å²) in [5.41, 5.74) is 2.10. The van der Waals surface area contributed by atoms with Crippen molar-refractivity contribution in [2.24, 2.45) is 0 Å². The van der Waals surface area contributed by atoms with Gasteiger partial charge in [-0.05, 0) is 31.5 Å². The van der Waals surface area contributed by atoms with Crippen LogP contribution in [0.25, 0.3) is 0 Å². The molecule has 1 aromatic carbocycles. The average molecular weight is 294 g/mol. The molecule has 0 spiro atoms. The first-order chi connectivity index (χ1) is 9.83. The van der Waals surface area contributed by atoms with Crippen LogP contribution in [0.3, 0.4) is 0 Å². The maximum atomic E-state index is 5.95. The molecule has 1 N–H and O–H groups in total. The van der Waals surface area contributed by atoms with Crippen LogP contribution in [-0.2, 0) is 12.4 Å². The highest BCUT2D eigenvalue weighted by Crippen LogP contribution is 2.24. The zero-order chi connectivity index (χ0) is 14.2. The van der Waals surface area contributed by atoms with Crippen molar-refractivity contribution in [1.29, 1.82) is 0 Å². The second-order valence-corrected chi connectivity index (χ2v) is 4.74. The smallest absolute Gasteiger partial charge is 0.123 e. The van der Waals surface area contributed by atoms with Crippen molar-refractivity contribution in [2.75, 3.05) is 18.5 Å². The molecule has 0 aliphatic heterocycles. The number of aryl methyl sites for hydroxylation is 1. The van der Waals surface area contributed by atoms with Gasteiger partial charge in [0, 0.05) is 36.7 Å². The van der Waals surface area contributed by atoms with E-state index in [-0.39, 0.29) is 0 Å². The number of aromatic nitrogens is 2. The lowest BCUT2D eigenvalue weighted by atomic mass is 10.2. The van der Waals surface area contributed by atoms with Crippen molar-refractivity contribution in [1.82, 2.24) is 9.55 Å². The van der Waals surface area contributed by atoms with E-state index in [9.17, 15) is 0 Å². The predicted octanol–water partition coefficient (Wildman–Crippen LogP) is 3.52. The number of anilines is 1. The van der Waals surface area contributed by atoms with Crippen molar-refractivity contribution in [3.63, 3.8) is 0 Å². The Hall–Kier alpha value is -1.68. The van der Waals surface area contributed by atoms with Gasteiger partial charge < -0.3 is 14.6 Å². The molecule has 4 nitrogen and oxygen atoms in total. The van der Waals surface area contributed by atoms with Crippen LogP contribution in [0.4, 0.5) is 5.69 Å². The molecule has 20 heavy (non-hydrogen) atoms. The maximum absolute atomic E-state index is 5.95. The van der Waals surface area contributed by atoms with Crippen LogP contribution in [0.1, 0.15) is 18.9 Å². The molecule has 2 aromatic rings. The molecule has 0 bridgehead atoms. The van der Waals surface area contributed by atoms with E-state index >= 15 is 0 Å². The van der Waals surface area contributed by atoms with Crippen LogP contribution >= 0.6 is 11.6 Å². The van der Waals surface area contributed by atoms with Crippen molar-refractivity contribution < 1.29 is 4.74 Å². The van der Waals surface area contributed by atoms with Crippen LogP contribution in [0.2, 0.25) is 0 Å². The predicted molar refractivity (Wildman–Crippen MR) is 82.5 cm³/mol. The SMILES string of the molecule is CCOc1ccc(NCCCn2ccnc2)cc1CCl. The zero-order valence-electron chi connectivity index (χ0n) is 11.7. The molecule has 1 aromatic heterocycles. The van der Waals surface area contributed by atoms with Gasteiger partial charge in [-0.3, -0.25) is 0 Å². The van der Waals surface area contributed by atoms with Gasteiger partial charge in [0.05, 0.1) is 18.8 Å². The Morgan fingerprint density at radius 3 is 3.00 bits per heavy atom. The minimum absolute atomic E-state index is 0.458.